The molecule has 2 heterocycles. The largest absolute Gasteiger partial charge is 0.486 e. The Morgan fingerprint density at radius 1 is 1.35 bits per heavy atom. The zero-order valence-electron chi connectivity index (χ0n) is 11.1. The third-order valence-electron chi connectivity index (χ3n) is 3.30. The van der Waals surface area contributed by atoms with Gasteiger partial charge >= 0.3 is 0 Å². The van der Waals surface area contributed by atoms with Gasteiger partial charge in [-0.2, -0.15) is 11.3 Å². The second-order valence-corrected chi connectivity index (χ2v) is 6.22. The average molecular weight is 354 g/mol. The molecule has 1 aromatic carbocycles. The molecule has 0 fully saturated rings. The summed E-state index contributed by atoms with van der Waals surface area (Å²) in [5.74, 6) is 1.64. The van der Waals surface area contributed by atoms with E-state index in [-0.39, 0.29) is 12.1 Å². The number of hydrogen-bond donors (Lipinski definition) is 1. The molecule has 3 nitrogen and oxygen atoms in total. The quantitative estimate of drug-likeness (QED) is 0.900. The molecule has 0 saturated heterocycles. The molecule has 1 aromatic heterocycles. The lowest BCUT2D eigenvalue weighted by atomic mass is 10.0. The monoisotopic (exact) mass is 353 g/mol. The molecule has 3 rings (SSSR count). The maximum Gasteiger partial charge on any atom is 0.161 e. The standard InChI is InChI=1S/C15H16BrNO2S/c1-2-17-15(10-8-20-9-11(10)16)14-7-18-12-5-3-4-6-13(12)19-14/h3-6,8-9,14-15,17H,2,7H2,1H3. The summed E-state index contributed by atoms with van der Waals surface area (Å²) in [7, 11) is 0. The van der Waals surface area contributed by atoms with E-state index < -0.39 is 0 Å². The van der Waals surface area contributed by atoms with Crippen LogP contribution in [0.4, 0.5) is 0 Å². The first kappa shape index (κ1) is 13.9. The first-order valence-corrected chi connectivity index (χ1v) is 8.36. The second-order valence-electron chi connectivity index (χ2n) is 4.62. The van der Waals surface area contributed by atoms with Gasteiger partial charge in [-0.25, -0.2) is 0 Å². The van der Waals surface area contributed by atoms with Crippen LogP contribution in [0.1, 0.15) is 18.5 Å². The Morgan fingerprint density at radius 2 is 2.15 bits per heavy atom. The van der Waals surface area contributed by atoms with Crippen LogP contribution in [-0.4, -0.2) is 19.3 Å². The number of halogens is 1. The Morgan fingerprint density at radius 3 is 2.85 bits per heavy atom. The lowest BCUT2D eigenvalue weighted by Gasteiger charge is -2.32. The van der Waals surface area contributed by atoms with Gasteiger partial charge < -0.3 is 14.8 Å². The number of para-hydroxylation sites is 2. The maximum atomic E-state index is 6.12. The molecular weight excluding hydrogens is 338 g/mol. The van der Waals surface area contributed by atoms with Gasteiger partial charge in [0, 0.05) is 9.85 Å². The third kappa shape index (κ3) is 2.71. The van der Waals surface area contributed by atoms with Crippen LogP contribution in [0, 0.1) is 0 Å². The molecule has 0 aliphatic carbocycles. The Balaban J connectivity index is 1.85. The van der Waals surface area contributed by atoms with Crippen molar-refractivity contribution in [3.8, 4) is 11.5 Å². The Labute approximate surface area is 131 Å². The molecule has 1 aliphatic rings. The van der Waals surface area contributed by atoms with Crippen molar-refractivity contribution in [3.63, 3.8) is 0 Å². The van der Waals surface area contributed by atoms with Gasteiger partial charge in [0.05, 0.1) is 6.04 Å². The normalized spacial score (nSPS) is 18.8. The highest BCUT2D eigenvalue weighted by molar-refractivity contribution is 9.10. The van der Waals surface area contributed by atoms with Crippen molar-refractivity contribution in [2.24, 2.45) is 0 Å². The van der Waals surface area contributed by atoms with E-state index in [4.69, 9.17) is 9.47 Å². The van der Waals surface area contributed by atoms with Crippen LogP contribution in [0.3, 0.4) is 0 Å². The molecule has 2 atom stereocenters. The summed E-state index contributed by atoms with van der Waals surface area (Å²) in [6.07, 6.45) is -0.0317. The van der Waals surface area contributed by atoms with Gasteiger partial charge in [-0.15, -0.1) is 0 Å². The molecule has 106 valence electrons. The Bertz CT molecular complexity index is 587. The van der Waals surface area contributed by atoms with E-state index >= 15 is 0 Å². The number of ether oxygens (including phenoxy) is 2. The molecule has 0 saturated carbocycles. The summed E-state index contributed by atoms with van der Waals surface area (Å²) in [5.41, 5.74) is 1.23. The number of thiophene rings is 1. The first-order valence-electron chi connectivity index (χ1n) is 6.63. The van der Waals surface area contributed by atoms with Gasteiger partial charge in [0.1, 0.15) is 6.61 Å². The third-order valence-corrected chi connectivity index (χ3v) is 5.06. The van der Waals surface area contributed by atoms with Crippen molar-refractivity contribution in [2.45, 2.75) is 19.1 Å². The van der Waals surface area contributed by atoms with Crippen molar-refractivity contribution in [2.75, 3.05) is 13.2 Å². The smallest absolute Gasteiger partial charge is 0.161 e. The molecule has 1 aliphatic heterocycles. The lowest BCUT2D eigenvalue weighted by Crippen LogP contribution is -2.41. The van der Waals surface area contributed by atoms with Gasteiger partial charge in [-0.05, 0) is 45.6 Å². The average Bonchev–Trinajstić information content (AvgIpc) is 2.90. The number of nitrogens with one attached hydrogen (secondary N) is 1. The predicted octanol–water partition coefficient (Wildman–Crippen LogP) is 4.00. The van der Waals surface area contributed by atoms with Crippen LogP contribution >= 0.6 is 27.3 Å². The maximum absolute atomic E-state index is 6.12. The number of fused-ring (bicyclic) bond motifs is 1. The van der Waals surface area contributed by atoms with E-state index in [2.05, 4.69) is 38.9 Å². The van der Waals surface area contributed by atoms with Crippen molar-refractivity contribution in [3.05, 3.63) is 45.1 Å². The van der Waals surface area contributed by atoms with Crippen LogP contribution in [0.25, 0.3) is 0 Å². The lowest BCUT2D eigenvalue weighted by molar-refractivity contribution is 0.0621. The molecular formula is C15H16BrNO2S. The summed E-state index contributed by atoms with van der Waals surface area (Å²) in [6, 6.07) is 7.93. The van der Waals surface area contributed by atoms with Crippen molar-refractivity contribution in [1.29, 1.82) is 0 Å². The highest BCUT2D eigenvalue weighted by atomic mass is 79.9. The molecule has 0 amide bonds. The fourth-order valence-electron chi connectivity index (χ4n) is 2.37. The first-order chi connectivity index (χ1) is 9.79. The molecule has 0 bridgehead atoms. The van der Waals surface area contributed by atoms with E-state index in [0.717, 1.165) is 22.5 Å². The van der Waals surface area contributed by atoms with Crippen molar-refractivity contribution >= 4 is 27.3 Å². The molecule has 1 N–H and O–H groups in total. The Hall–Kier alpha value is -1.04. The summed E-state index contributed by atoms with van der Waals surface area (Å²) in [4.78, 5) is 0. The molecule has 0 spiro atoms. The molecule has 0 radical (unpaired) electrons. The summed E-state index contributed by atoms with van der Waals surface area (Å²) < 4.78 is 13.1. The van der Waals surface area contributed by atoms with E-state index in [9.17, 15) is 0 Å². The van der Waals surface area contributed by atoms with Crippen molar-refractivity contribution in [1.82, 2.24) is 5.32 Å². The summed E-state index contributed by atoms with van der Waals surface area (Å²) in [6.45, 7) is 3.54. The van der Waals surface area contributed by atoms with Gasteiger partial charge in [0.15, 0.2) is 17.6 Å². The molecule has 5 heteroatoms. The van der Waals surface area contributed by atoms with Crippen LogP contribution < -0.4 is 14.8 Å². The van der Waals surface area contributed by atoms with Crippen molar-refractivity contribution < 1.29 is 9.47 Å². The van der Waals surface area contributed by atoms with E-state index in [1.54, 1.807) is 11.3 Å². The number of likely N-dealkylation sites (N-methyl/N-ethyl adjacent to an activating group) is 1. The fraction of sp³-hybridized carbons (Fsp3) is 0.333. The highest BCUT2D eigenvalue weighted by Gasteiger charge is 2.31. The Kier molecular flexibility index (Phi) is 4.29. The zero-order valence-corrected chi connectivity index (χ0v) is 13.5. The van der Waals surface area contributed by atoms with Gasteiger partial charge in [-0.1, -0.05) is 19.1 Å². The summed E-state index contributed by atoms with van der Waals surface area (Å²) >= 11 is 5.30. The van der Waals surface area contributed by atoms with Crippen LogP contribution in [-0.2, 0) is 0 Å². The fourth-order valence-corrected chi connectivity index (χ4v) is 3.96. The van der Waals surface area contributed by atoms with Crippen LogP contribution in [0.2, 0.25) is 0 Å². The van der Waals surface area contributed by atoms with E-state index in [1.807, 2.05) is 24.3 Å². The highest BCUT2D eigenvalue weighted by Crippen LogP contribution is 2.36. The van der Waals surface area contributed by atoms with Gasteiger partial charge in [-0.3, -0.25) is 0 Å². The minimum atomic E-state index is -0.0317. The molecule has 20 heavy (non-hydrogen) atoms. The minimum absolute atomic E-state index is 0.0317. The predicted molar refractivity (Wildman–Crippen MR) is 84.8 cm³/mol. The van der Waals surface area contributed by atoms with Crippen LogP contribution in [0.5, 0.6) is 11.5 Å². The number of rotatable bonds is 4. The number of benzene rings is 1. The molecule has 2 aromatic rings. The SMILES string of the molecule is CCNC(c1cscc1Br)C1COc2ccccc2O1. The van der Waals surface area contributed by atoms with E-state index in [1.165, 1.54) is 5.56 Å². The summed E-state index contributed by atoms with van der Waals surface area (Å²) in [5, 5.41) is 7.75. The van der Waals surface area contributed by atoms with Crippen LogP contribution in [0.15, 0.2) is 39.5 Å². The number of hydrogen-bond acceptors (Lipinski definition) is 4. The van der Waals surface area contributed by atoms with Gasteiger partial charge in [0.25, 0.3) is 0 Å². The zero-order chi connectivity index (χ0) is 13.9. The molecule has 2 unspecified atom stereocenters. The van der Waals surface area contributed by atoms with E-state index in [0.29, 0.717) is 6.61 Å². The minimum Gasteiger partial charge on any atom is -0.486 e. The second kappa shape index (κ2) is 6.16. The topological polar surface area (TPSA) is 30.5 Å². The van der Waals surface area contributed by atoms with Gasteiger partial charge in [0.2, 0.25) is 0 Å².